The maximum Gasteiger partial charge on any atom is 0.230 e. The highest BCUT2D eigenvalue weighted by atomic mass is 32.1. The Kier molecular flexibility index (Phi) is 2.97. The third kappa shape index (κ3) is 6.16. The third-order valence-corrected chi connectivity index (χ3v) is 3.70. The first-order valence-corrected chi connectivity index (χ1v) is 8.55. The summed E-state index contributed by atoms with van der Waals surface area (Å²) >= 11 is 0.824. The zero-order valence-electron chi connectivity index (χ0n) is 29.2. The second kappa shape index (κ2) is 9.98. The Labute approximate surface area is 189 Å². The molecule has 5 N–H and O–H groups in total. The second-order valence-electron chi connectivity index (χ2n) is 5.13. The summed E-state index contributed by atoms with van der Waals surface area (Å²) in [7, 11) is 0. The molecule has 1 aromatic heterocycles. The Morgan fingerprint density at radius 2 is 2.04 bits per heavy atom. The molecule has 1 atom stereocenters. The van der Waals surface area contributed by atoms with E-state index in [0.29, 0.717) is 0 Å². The van der Waals surface area contributed by atoms with Gasteiger partial charge in [0.2, 0.25) is 5.91 Å². The van der Waals surface area contributed by atoms with Crippen LogP contribution in [-0.4, -0.2) is 29.0 Å². The molecule has 0 bridgehead atoms. The number of benzene rings is 2. The molecule has 146 valence electrons. The molecule has 0 radical (unpaired) electrons. The van der Waals surface area contributed by atoms with Crippen molar-refractivity contribution < 1.29 is 30.5 Å². The highest BCUT2D eigenvalue weighted by Crippen LogP contribution is 2.14. The third-order valence-electron chi connectivity index (χ3n) is 3.06. The smallest absolute Gasteiger partial charge is 0.230 e. The number of nitrogens with one attached hydrogen (secondary N) is 2. The molecule has 3 aromatic rings. The Bertz CT molecular complexity index is 1550. The topological polar surface area (TPSA) is 100 Å². The molecule has 0 aliphatic heterocycles. The molecular formula is C21H24N4O2S. The van der Waals surface area contributed by atoms with Gasteiger partial charge in [0, 0.05) is 23.0 Å². The molecule has 7 heteroatoms. The number of thiazole rings is 1. The standard InChI is InChI=1S/C21H24N4O2S/c22-21-25-18(14-28-21)12-20(27)24-17-8-6-15(7-9-17)10-11-23-13-19(26)16-4-2-1-3-5-16/h1-9,14,19,23,26H,10-13H2,(H2,22,25)(H,24,27)/t19-/m0/s1/i1D,2D,3D,4D,5D,6D,7D,8D,9D,11D2,13D2,14D,19D. The van der Waals surface area contributed by atoms with E-state index >= 15 is 0 Å². The van der Waals surface area contributed by atoms with Crippen LogP contribution in [0.3, 0.4) is 0 Å². The van der Waals surface area contributed by atoms with Crippen molar-refractivity contribution in [1.29, 1.82) is 0 Å². The number of rotatable bonds is 9. The van der Waals surface area contributed by atoms with Crippen LogP contribution in [0.15, 0.2) is 59.7 Å². The highest BCUT2D eigenvalue weighted by Gasteiger charge is 2.08. The Hall–Kier alpha value is -2.74. The van der Waals surface area contributed by atoms with Crippen LogP contribution in [0.5, 0.6) is 0 Å². The minimum absolute atomic E-state index is 0.0263. The lowest BCUT2D eigenvalue weighted by molar-refractivity contribution is -0.115. The number of aliphatic hydroxyl groups is 1. The van der Waals surface area contributed by atoms with Crippen LogP contribution in [0.25, 0.3) is 0 Å². The number of nitrogen functional groups attached to an aromatic ring is 1. The fourth-order valence-electron chi connectivity index (χ4n) is 1.86. The van der Waals surface area contributed by atoms with Gasteiger partial charge in [0.15, 0.2) is 5.13 Å². The van der Waals surface area contributed by atoms with Gasteiger partial charge in [0.05, 0.1) is 33.3 Å². The predicted molar refractivity (Wildman–Crippen MR) is 113 cm³/mol. The van der Waals surface area contributed by atoms with Crippen LogP contribution in [-0.2, 0) is 17.6 Å². The molecule has 3 rings (SSSR count). The number of nitrogens with two attached hydrogens (primary N) is 1. The van der Waals surface area contributed by atoms with E-state index in [2.05, 4.69) is 10.3 Å². The van der Waals surface area contributed by atoms with Gasteiger partial charge in [-0.05, 0) is 36.1 Å². The van der Waals surface area contributed by atoms with Gasteiger partial charge < -0.3 is 21.5 Å². The van der Waals surface area contributed by atoms with Crippen molar-refractivity contribution in [2.24, 2.45) is 0 Å². The van der Waals surface area contributed by atoms with Gasteiger partial charge in [-0.2, -0.15) is 0 Å². The van der Waals surface area contributed by atoms with Crippen molar-refractivity contribution in [3.63, 3.8) is 0 Å². The van der Waals surface area contributed by atoms with Crippen LogP contribution in [0.4, 0.5) is 10.8 Å². The first-order valence-electron chi connectivity index (χ1n) is 15.2. The van der Waals surface area contributed by atoms with Crippen LogP contribution in [0, 0.1) is 0 Å². The molecule has 0 aliphatic rings. The van der Waals surface area contributed by atoms with E-state index in [1.807, 2.05) is 0 Å². The molecular weight excluding hydrogens is 372 g/mol. The lowest BCUT2D eigenvalue weighted by Gasteiger charge is -2.12. The van der Waals surface area contributed by atoms with E-state index in [-0.39, 0.29) is 16.2 Å². The number of anilines is 2. The summed E-state index contributed by atoms with van der Waals surface area (Å²) in [6.07, 6.45) is -5.18. The first kappa shape index (κ1) is 8.32. The fourth-order valence-corrected chi connectivity index (χ4v) is 2.35. The Morgan fingerprint density at radius 3 is 2.71 bits per heavy atom. The molecule has 1 heterocycles. The molecule has 0 spiro atoms. The van der Waals surface area contributed by atoms with Gasteiger partial charge >= 0.3 is 0 Å². The van der Waals surface area contributed by atoms with Crippen molar-refractivity contribution in [3.05, 3.63) is 76.6 Å². The van der Waals surface area contributed by atoms with Gasteiger partial charge in [-0.15, -0.1) is 11.3 Å². The van der Waals surface area contributed by atoms with Gasteiger partial charge in [-0.1, -0.05) is 42.3 Å². The highest BCUT2D eigenvalue weighted by molar-refractivity contribution is 7.13. The van der Waals surface area contributed by atoms with Crippen LogP contribution in [0.1, 0.15) is 43.5 Å². The van der Waals surface area contributed by atoms with Gasteiger partial charge in [0.25, 0.3) is 0 Å². The largest absolute Gasteiger partial charge is 0.387 e. The first-order chi connectivity index (χ1) is 19.5. The summed E-state index contributed by atoms with van der Waals surface area (Å²) < 4.78 is 121. The number of hydrogen-bond acceptors (Lipinski definition) is 6. The molecule has 1 amide bonds. The van der Waals surface area contributed by atoms with E-state index in [0.717, 1.165) is 11.3 Å². The minimum Gasteiger partial charge on any atom is -0.387 e. The zero-order valence-corrected chi connectivity index (χ0v) is 15.0. The molecule has 0 unspecified atom stereocenters. The van der Waals surface area contributed by atoms with Crippen molar-refractivity contribution in [3.8, 4) is 0 Å². The molecule has 28 heavy (non-hydrogen) atoms. The fraction of sp³-hybridized carbons (Fsp3) is 0.238. The number of aromatic nitrogens is 1. The van der Waals surface area contributed by atoms with Crippen LogP contribution < -0.4 is 16.4 Å². The van der Waals surface area contributed by atoms with Gasteiger partial charge in [-0.25, -0.2) is 4.98 Å². The van der Waals surface area contributed by atoms with Crippen molar-refractivity contribution in [2.45, 2.75) is 18.9 Å². The number of carbonyl (C=O) groups excluding carboxylic acids is 1. The van der Waals surface area contributed by atoms with Gasteiger partial charge in [0.1, 0.15) is 0 Å². The minimum atomic E-state index is -3.66. The molecule has 0 saturated heterocycles. The second-order valence-corrected chi connectivity index (χ2v) is 5.96. The van der Waals surface area contributed by atoms with Crippen molar-refractivity contribution in [1.82, 2.24) is 10.3 Å². The van der Waals surface area contributed by atoms with Crippen molar-refractivity contribution in [2.75, 3.05) is 24.0 Å². The van der Waals surface area contributed by atoms with Crippen LogP contribution >= 0.6 is 11.3 Å². The molecule has 6 nitrogen and oxygen atoms in total. The van der Waals surface area contributed by atoms with E-state index in [4.69, 9.17) is 26.3 Å². The summed E-state index contributed by atoms with van der Waals surface area (Å²) in [5.41, 5.74) is 3.24. The van der Waals surface area contributed by atoms with Crippen molar-refractivity contribution >= 4 is 28.1 Å². The maximum absolute atomic E-state index is 12.5. The summed E-state index contributed by atoms with van der Waals surface area (Å²) in [6.45, 7) is -6.57. The molecule has 0 aliphatic carbocycles. The maximum atomic E-state index is 12.5. The van der Waals surface area contributed by atoms with Crippen LogP contribution in [0.2, 0.25) is 0 Å². The predicted octanol–water partition coefficient (Wildman–Crippen LogP) is 2.77. The van der Waals surface area contributed by atoms with Gasteiger partial charge in [-0.3, -0.25) is 4.79 Å². The molecule has 0 fully saturated rings. The Morgan fingerprint density at radius 1 is 1.29 bits per heavy atom. The quantitative estimate of drug-likeness (QED) is 0.434. The average Bonchev–Trinajstić information content (AvgIpc) is 3.20. The number of nitrogens with zero attached hydrogens (tertiary/aromatic N) is 1. The summed E-state index contributed by atoms with van der Waals surface area (Å²) in [5.74, 6) is -0.833. The Balaban J connectivity index is 1.92. The summed E-state index contributed by atoms with van der Waals surface area (Å²) in [6, 6.07) is -8.13. The molecule has 2 aromatic carbocycles. The lowest BCUT2D eigenvalue weighted by atomic mass is 10.1. The van der Waals surface area contributed by atoms with E-state index in [1.165, 1.54) is 0 Å². The SMILES string of the molecule is [2H]c1sc(N)nc1CC(=O)Nc1c([2H])c([2H])c(CC([2H])([2H])NC([2H])([2H])[C@]([2H])(O)c2c([2H])c([2H])c([2H])c([2H])c2[2H])c([2H])c1[2H]. The molecule has 0 saturated carbocycles. The number of carbonyl (C=O) groups is 1. The van der Waals surface area contributed by atoms with E-state index in [9.17, 15) is 9.90 Å². The normalized spacial score (nSPS) is 21.7. The zero-order chi connectivity index (χ0) is 33.0. The number of hydrogen-bond donors (Lipinski definition) is 4. The summed E-state index contributed by atoms with van der Waals surface area (Å²) in [4.78, 5) is 16.3. The number of amides is 1. The van der Waals surface area contributed by atoms with E-state index < -0.39 is 109 Å². The monoisotopic (exact) mass is 411 g/mol. The lowest BCUT2D eigenvalue weighted by Crippen LogP contribution is -2.23. The van der Waals surface area contributed by atoms with E-state index in [1.54, 1.807) is 5.32 Å². The average molecular weight is 412 g/mol. The summed E-state index contributed by atoms with van der Waals surface area (Å²) in [5, 5.41) is 14.7.